The Bertz CT molecular complexity index is 524. The molecule has 0 N–H and O–H groups in total. The van der Waals surface area contributed by atoms with Gasteiger partial charge in [-0.15, -0.1) is 0 Å². The molecule has 0 aromatic carbocycles. The van der Waals surface area contributed by atoms with Gasteiger partial charge < -0.3 is 0 Å². The van der Waals surface area contributed by atoms with E-state index in [1.807, 2.05) is 39.3 Å². The second-order valence-corrected chi connectivity index (χ2v) is 18.9. The summed E-state index contributed by atoms with van der Waals surface area (Å²) in [5.41, 5.74) is -3.06. The lowest BCUT2D eigenvalue weighted by Gasteiger charge is -2.37. The van der Waals surface area contributed by atoms with Crippen molar-refractivity contribution < 1.29 is 26.3 Å². The summed E-state index contributed by atoms with van der Waals surface area (Å²) >= 11 is 0. The molecule has 0 amide bonds. The highest BCUT2D eigenvalue weighted by Crippen LogP contribution is 2.38. The maximum absolute atomic E-state index is 13.0. The second-order valence-electron chi connectivity index (χ2n) is 7.66. The van der Waals surface area contributed by atoms with E-state index < -0.39 is 45.1 Å². The Kier molecular flexibility index (Phi) is 5.14. The molecule has 0 saturated carbocycles. The van der Waals surface area contributed by atoms with Gasteiger partial charge in [0.1, 0.15) is 17.2 Å². The number of halogens is 6. The molecule has 0 atom stereocenters. The molecule has 10 heteroatoms. The molecule has 1 heterocycles. The quantitative estimate of drug-likeness (QED) is 0.526. The SMILES string of the molecule is C[Si](C)(C)C(c1nc(C(F)(F)F)cc(C(F)(F)F)n1)[Si](C)(C)C. The normalized spacial score (nSPS) is 14.5. The first-order valence-electron chi connectivity index (χ1n) is 6.97. The van der Waals surface area contributed by atoms with Gasteiger partial charge in [-0.05, 0) is 6.07 Å². The third-order valence-corrected chi connectivity index (χ3v) is 12.5. The number of aromatic nitrogens is 2. The molecule has 0 aliphatic carbocycles. The lowest BCUT2D eigenvalue weighted by Crippen LogP contribution is -2.47. The largest absolute Gasteiger partial charge is 0.433 e. The van der Waals surface area contributed by atoms with Crippen LogP contribution in [0.1, 0.15) is 22.4 Å². The third-order valence-electron chi connectivity index (χ3n) is 3.31. The predicted molar refractivity (Wildman–Crippen MR) is 81.5 cm³/mol. The Morgan fingerprint density at radius 1 is 0.739 bits per heavy atom. The molecule has 0 unspecified atom stereocenters. The van der Waals surface area contributed by atoms with E-state index >= 15 is 0 Å². The fraction of sp³-hybridized carbons (Fsp3) is 0.692. The molecule has 1 aromatic heterocycles. The third kappa shape index (κ3) is 5.03. The molecule has 1 aromatic rings. The van der Waals surface area contributed by atoms with Gasteiger partial charge in [-0.25, -0.2) is 9.97 Å². The van der Waals surface area contributed by atoms with Crippen molar-refractivity contribution >= 4 is 16.1 Å². The molecule has 1 rings (SSSR count). The fourth-order valence-electron chi connectivity index (χ4n) is 2.96. The van der Waals surface area contributed by atoms with Crippen LogP contribution >= 0.6 is 0 Å². The summed E-state index contributed by atoms with van der Waals surface area (Å²) in [7, 11) is -4.25. The summed E-state index contributed by atoms with van der Waals surface area (Å²) in [5, 5.41) is -0.418. The van der Waals surface area contributed by atoms with Crippen LogP contribution < -0.4 is 0 Å². The summed E-state index contributed by atoms with van der Waals surface area (Å²) in [6, 6.07) is -0.0189. The molecule has 0 aliphatic heterocycles. The van der Waals surface area contributed by atoms with Crippen molar-refractivity contribution in [3.63, 3.8) is 0 Å². The van der Waals surface area contributed by atoms with Gasteiger partial charge in [-0.1, -0.05) is 39.3 Å². The molecule has 0 fully saturated rings. The highest BCUT2D eigenvalue weighted by Gasteiger charge is 2.45. The number of hydrogen-bond donors (Lipinski definition) is 0. The molecule has 23 heavy (non-hydrogen) atoms. The zero-order chi connectivity index (χ0) is 18.4. The molecular weight excluding hydrogens is 354 g/mol. The van der Waals surface area contributed by atoms with E-state index in [0.29, 0.717) is 0 Å². The van der Waals surface area contributed by atoms with Gasteiger partial charge in [0, 0.05) is 5.16 Å². The molecule has 2 nitrogen and oxygen atoms in total. The van der Waals surface area contributed by atoms with E-state index in [0.717, 1.165) is 0 Å². The van der Waals surface area contributed by atoms with Gasteiger partial charge in [-0.2, -0.15) is 26.3 Å². The Morgan fingerprint density at radius 2 is 1.04 bits per heavy atom. The Balaban J connectivity index is 3.69. The average Bonchev–Trinajstić information content (AvgIpc) is 2.21. The lowest BCUT2D eigenvalue weighted by molar-refractivity contribution is -0.147. The highest BCUT2D eigenvalue weighted by atomic mass is 28.4. The van der Waals surface area contributed by atoms with Crippen molar-refractivity contribution in [3.8, 4) is 0 Å². The van der Waals surface area contributed by atoms with E-state index in [4.69, 9.17) is 0 Å². The van der Waals surface area contributed by atoms with E-state index in [-0.39, 0.29) is 11.9 Å². The van der Waals surface area contributed by atoms with E-state index in [1.54, 1.807) is 0 Å². The molecule has 0 bridgehead atoms. The topological polar surface area (TPSA) is 25.8 Å². The number of nitrogens with zero attached hydrogens (tertiary/aromatic N) is 2. The zero-order valence-electron chi connectivity index (χ0n) is 13.8. The van der Waals surface area contributed by atoms with E-state index in [2.05, 4.69) is 9.97 Å². The minimum atomic E-state index is -4.94. The van der Waals surface area contributed by atoms with Crippen molar-refractivity contribution in [1.82, 2.24) is 9.97 Å². The highest BCUT2D eigenvalue weighted by molar-refractivity contribution is 6.96. The maximum Gasteiger partial charge on any atom is 0.433 e. The Morgan fingerprint density at radius 3 is 1.26 bits per heavy atom. The van der Waals surface area contributed by atoms with Crippen LogP contribution in [0.25, 0.3) is 0 Å². The standard InChI is InChI=1S/C13H20F6N2Si2/c1-22(2,3)11(23(4,5)6)10-20-8(12(14,15)16)7-9(21-10)13(17,18)19/h7,11H,1-6H3. The van der Waals surface area contributed by atoms with Crippen LogP contribution in [-0.4, -0.2) is 26.1 Å². The molecule has 0 saturated heterocycles. The molecule has 0 radical (unpaired) electrons. The maximum atomic E-state index is 13.0. The number of rotatable bonds is 3. The first-order valence-corrected chi connectivity index (χ1v) is 14.1. The van der Waals surface area contributed by atoms with Crippen molar-refractivity contribution in [1.29, 1.82) is 0 Å². The average molecular weight is 374 g/mol. The van der Waals surface area contributed by atoms with Gasteiger partial charge in [0.15, 0.2) is 0 Å². The van der Waals surface area contributed by atoms with Crippen LogP contribution in [0.15, 0.2) is 6.07 Å². The van der Waals surface area contributed by atoms with Crippen molar-refractivity contribution in [2.45, 2.75) is 56.8 Å². The predicted octanol–water partition coefficient (Wildman–Crippen LogP) is 5.35. The van der Waals surface area contributed by atoms with Crippen LogP contribution in [0.2, 0.25) is 39.3 Å². The van der Waals surface area contributed by atoms with Gasteiger partial charge in [0.05, 0.1) is 16.1 Å². The minimum Gasteiger partial charge on any atom is -0.229 e. The molecule has 132 valence electrons. The van der Waals surface area contributed by atoms with Crippen LogP contribution in [0, 0.1) is 0 Å². The van der Waals surface area contributed by atoms with E-state index in [1.165, 1.54) is 0 Å². The lowest BCUT2D eigenvalue weighted by atomic mass is 10.3. The first kappa shape index (κ1) is 20.1. The summed E-state index contributed by atoms with van der Waals surface area (Å²) in [5.74, 6) is -0.314. The van der Waals surface area contributed by atoms with Crippen LogP contribution in [-0.2, 0) is 12.4 Å². The smallest absolute Gasteiger partial charge is 0.229 e. The van der Waals surface area contributed by atoms with Crippen LogP contribution in [0.3, 0.4) is 0 Å². The Labute approximate surface area is 133 Å². The molecule has 0 aliphatic rings. The minimum absolute atomic E-state index is 0.0189. The Hall–Kier alpha value is -0.906. The molecule has 0 spiro atoms. The van der Waals surface area contributed by atoms with Crippen molar-refractivity contribution in [3.05, 3.63) is 23.3 Å². The van der Waals surface area contributed by atoms with Crippen LogP contribution in [0.5, 0.6) is 0 Å². The van der Waals surface area contributed by atoms with Gasteiger partial charge in [-0.3, -0.25) is 0 Å². The number of alkyl halides is 6. The summed E-state index contributed by atoms with van der Waals surface area (Å²) in [4.78, 5) is 6.97. The summed E-state index contributed by atoms with van der Waals surface area (Å²) in [6.45, 7) is 11.5. The monoisotopic (exact) mass is 374 g/mol. The van der Waals surface area contributed by atoms with Gasteiger partial charge >= 0.3 is 12.4 Å². The fourth-order valence-corrected chi connectivity index (χ4v) is 15.2. The van der Waals surface area contributed by atoms with Crippen molar-refractivity contribution in [2.75, 3.05) is 0 Å². The van der Waals surface area contributed by atoms with E-state index in [9.17, 15) is 26.3 Å². The second kappa shape index (κ2) is 5.87. The summed E-state index contributed by atoms with van der Waals surface area (Å²) in [6.07, 6.45) is -9.89. The zero-order valence-corrected chi connectivity index (χ0v) is 15.8. The van der Waals surface area contributed by atoms with Gasteiger partial charge in [0.25, 0.3) is 0 Å². The number of hydrogen-bond acceptors (Lipinski definition) is 2. The van der Waals surface area contributed by atoms with Crippen molar-refractivity contribution in [2.24, 2.45) is 0 Å². The first-order chi connectivity index (χ1) is 9.94. The molecular formula is C13H20F6N2Si2. The van der Waals surface area contributed by atoms with Crippen LogP contribution in [0.4, 0.5) is 26.3 Å². The van der Waals surface area contributed by atoms with Gasteiger partial charge in [0.2, 0.25) is 0 Å². The summed E-state index contributed by atoms with van der Waals surface area (Å²) < 4.78 is 77.7.